The quantitative estimate of drug-likeness (QED) is 0.830. The number of rotatable bonds is 2. The molecule has 1 unspecified atom stereocenters. The smallest absolute Gasteiger partial charge is 0.254 e. The predicted molar refractivity (Wildman–Crippen MR) is 108 cm³/mol. The first kappa shape index (κ1) is 18.0. The van der Waals surface area contributed by atoms with Crippen LogP contribution in [0.4, 0.5) is 0 Å². The van der Waals surface area contributed by atoms with Crippen molar-refractivity contribution in [3.05, 3.63) is 59.2 Å². The van der Waals surface area contributed by atoms with Crippen LogP contribution in [0.15, 0.2) is 42.5 Å². The molecule has 1 saturated heterocycles. The molecule has 4 aliphatic rings. The monoisotopic (exact) mass is 405 g/mol. The van der Waals surface area contributed by atoms with E-state index < -0.39 is 23.2 Å². The summed E-state index contributed by atoms with van der Waals surface area (Å²) < 4.78 is 11.7. The second-order valence-corrected chi connectivity index (χ2v) is 8.83. The number of carbonyl (C=O) groups is 2. The molecular weight excluding hydrogens is 382 g/mol. The lowest BCUT2D eigenvalue weighted by molar-refractivity contribution is -0.181. The largest absolute Gasteiger partial charge is 0.493 e. The van der Waals surface area contributed by atoms with E-state index in [0.29, 0.717) is 42.9 Å². The summed E-state index contributed by atoms with van der Waals surface area (Å²) in [4.78, 5) is 28.1. The van der Waals surface area contributed by atoms with Crippen LogP contribution in [0.3, 0.4) is 0 Å². The fourth-order valence-electron chi connectivity index (χ4n) is 6.47. The maximum absolute atomic E-state index is 13.4. The highest BCUT2D eigenvalue weighted by Crippen LogP contribution is 2.64. The zero-order chi connectivity index (χ0) is 20.7. The van der Waals surface area contributed by atoms with Gasteiger partial charge in [-0.25, -0.2) is 0 Å². The van der Waals surface area contributed by atoms with Crippen LogP contribution in [0.5, 0.6) is 11.5 Å². The van der Waals surface area contributed by atoms with E-state index in [9.17, 15) is 14.7 Å². The molecule has 1 N–H and O–H groups in total. The molecule has 1 amide bonds. The van der Waals surface area contributed by atoms with Crippen LogP contribution in [0, 0.1) is 0 Å². The number of carbonyl (C=O) groups excluding carboxylic acids is 2. The van der Waals surface area contributed by atoms with Gasteiger partial charge in [0.15, 0.2) is 23.4 Å². The van der Waals surface area contributed by atoms with E-state index in [4.69, 9.17) is 9.47 Å². The van der Waals surface area contributed by atoms with Gasteiger partial charge in [0.05, 0.1) is 24.2 Å². The molecule has 2 aromatic carbocycles. The first-order valence-corrected chi connectivity index (χ1v) is 10.5. The van der Waals surface area contributed by atoms with Crippen LogP contribution in [0.1, 0.15) is 40.7 Å². The van der Waals surface area contributed by atoms with Gasteiger partial charge in [-0.3, -0.25) is 9.59 Å². The van der Waals surface area contributed by atoms with Crippen molar-refractivity contribution in [2.45, 2.75) is 48.8 Å². The number of methoxy groups -OCH3 is 1. The summed E-state index contributed by atoms with van der Waals surface area (Å²) in [6.45, 7) is 0.476. The van der Waals surface area contributed by atoms with E-state index >= 15 is 0 Å². The molecule has 0 radical (unpaired) electrons. The number of benzene rings is 2. The summed E-state index contributed by atoms with van der Waals surface area (Å²) in [7, 11) is 1.59. The lowest BCUT2D eigenvalue weighted by Crippen LogP contribution is -2.77. The van der Waals surface area contributed by atoms with Crippen molar-refractivity contribution in [2.75, 3.05) is 13.7 Å². The Morgan fingerprint density at radius 2 is 2.00 bits per heavy atom. The molecule has 4 atom stereocenters. The molecule has 6 heteroatoms. The third-order valence-electron chi connectivity index (χ3n) is 7.74. The topological polar surface area (TPSA) is 76.1 Å². The number of aliphatic hydroxyl groups is 1. The number of hydrogen-bond donors (Lipinski definition) is 1. The Hall–Kier alpha value is -2.86. The molecule has 2 aliphatic heterocycles. The van der Waals surface area contributed by atoms with Gasteiger partial charge in [-0.05, 0) is 43.0 Å². The van der Waals surface area contributed by atoms with Crippen LogP contribution in [-0.4, -0.2) is 53.1 Å². The van der Waals surface area contributed by atoms with Gasteiger partial charge in [0.25, 0.3) is 5.91 Å². The minimum Gasteiger partial charge on any atom is -0.493 e. The number of amides is 1. The normalized spacial score (nSPS) is 33.0. The Labute approximate surface area is 174 Å². The van der Waals surface area contributed by atoms with E-state index in [-0.39, 0.29) is 18.1 Å². The van der Waals surface area contributed by atoms with Gasteiger partial charge in [0.1, 0.15) is 0 Å². The molecule has 6 nitrogen and oxygen atoms in total. The van der Waals surface area contributed by atoms with E-state index in [0.717, 1.165) is 11.1 Å². The van der Waals surface area contributed by atoms with Crippen LogP contribution in [0.2, 0.25) is 0 Å². The van der Waals surface area contributed by atoms with Gasteiger partial charge in [0.2, 0.25) is 0 Å². The summed E-state index contributed by atoms with van der Waals surface area (Å²) >= 11 is 0. The molecule has 2 fully saturated rings. The van der Waals surface area contributed by atoms with Gasteiger partial charge < -0.3 is 19.5 Å². The molecule has 6 rings (SSSR count). The molecule has 0 aromatic heterocycles. The lowest BCUT2D eigenvalue weighted by Gasteiger charge is -2.62. The van der Waals surface area contributed by atoms with E-state index in [1.165, 1.54) is 0 Å². The first-order valence-electron chi connectivity index (χ1n) is 10.5. The summed E-state index contributed by atoms with van der Waals surface area (Å²) in [5, 5.41) is 12.2. The average Bonchev–Trinajstić information content (AvgIpc) is 3.12. The first-order chi connectivity index (χ1) is 14.5. The summed E-state index contributed by atoms with van der Waals surface area (Å²) in [5.41, 5.74) is 0.537. The van der Waals surface area contributed by atoms with Gasteiger partial charge in [0, 0.05) is 24.1 Å². The van der Waals surface area contributed by atoms with Crippen molar-refractivity contribution < 1.29 is 24.2 Å². The number of piperidine rings is 1. The van der Waals surface area contributed by atoms with Crippen molar-refractivity contribution in [2.24, 2.45) is 0 Å². The van der Waals surface area contributed by atoms with E-state index in [1.54, 1.807) is 7.11 Å². The van der Waals surface area contributed by atoms with E-state index in [1.807, 2.05) is 47.4 Å². The minimum absolute atomic E-state index is 0.0207. The zero-order valence-corrected chi connectivity index (χ0v) is 16.8. The zero-order valence-electron chi connectivity index (χ0n) is 16.8. The van der Waals surface area contributed by atoms with Crippen LogP contribution in [0.25, 0.3) is 0 Å². The Balaban J connectivity index is 1.54. The number of Topliss-reactive ketones (excluding diaryl/α,β-unsaturated/α-hetero) is 1. The van der Waals surface area contributed by atoms with Gasteiger partial charge in [-0.1, -0.05) is 24.3 Å². The van der Waals surface area contributed by atoms with Crippen molar-refractivity contribution >= 4 is 11.7 Å². The summed E-state index contributed by atoms with van der Waals surface area (Å²) in [5.74, 6) is 1.13. The highest BCUT2D eigenvalue weighted by atomic mass is 16.5. The molecule has 2 heterocycles. The van der Waals surface area contributed by atoms with Crippen LogP contribution in [-0.2, 0) is 16.6 Å². The Bertz CT molecular complexity index is 1080. The maximum atomic E-state index is 13.4. The number of ether oxygens (including phenoxy) is 2. The second-order valence-electron chi connectivity index (χ2n) is 8.83. The van der Waals surface area contributed by atoms with Crippen molar-refractivity contribution in [1.29, 1.82) is 0 Å². The molecule has 2 aliphatic carbocycles. The highest BCUT2D eigenvalue weighted by Gasteiger charge is 2.73. The predicted octanol–water partition coefficient (Wildman–Crippen LogP) is 2.26. The number of likely N-dealkylation sites (tertiary alicyclic amines) is 1. The third kappa shape index (κ3) is 1.93. The van der Waals surface area contributed by atoms with Crippen molar-refractivity contribution in [1.82, 2.24) is 4.90 Å². The van der Waals surface area contributed by atoms with Gasteiger partial charge in [-0.15, -0.1) is 0 Å². The molecule has 2 aromatic rings. The third-order valence-corrected chi connectivity index (χ3v) is 7.74. The van der Waals surface area contributed by atoms with Gasteiger partial charge >= 0.3 is 0 Å². The van der Waals surface area contributed by atoms with E-state index in [2.05, 4.69) is 0 Å². The molecule has 1 saturated carbocycles. The molecule has 2 bridgehead atoms. The maximum Gasteiger partial charge on any atom is 0.254 e. The molecule has 30 heavy (non-hydrogen) atoms. The lowest BCUT2D eigenvalue weighted by atomic mass is 9.49. The van der Waals surface area contributed by atoms with Crippen LogP contribution >= 0.6 is 0 Å². The SMILES string of the molecule is COc1ccc2c3c1OC1C(=O)CC[C@]4(O)[C@H](C2)N(C(=O)c2ccccc2)CC[C@@]314. The van der Waals surface area contributed by atoms with Crippen molar-refractivity contribution in [3.8, 4) is 11.5 Å². The summed E-state index contributed by atoms with van der Waals surface area (Å²) in [6, 6.07) is 12.7. The van der Waals surface area contributed by atoms with Crippen molar-refractivity contribution in [3.63, 3.8) is 0 Å². The molecule has 154 valence electrons. The number of nitrogens with zero attached hydrogens (tertiary/aromatic N) is 1. The Morgan fingerprint density at radius 1 is 1.20 bits per heavy atom. The Morgan fingerprint density at radius 3 is 2.77 bits per heavy atom. The molecule has 1 spiro atoms. The minimum atomic E-state index is -1.21. The van der Waals surface area contributed by atoms with Crippen LogP contribution < -0.4 is 9.47 Å². The second kappa shape index (κ2) is 5.85. The van der Waals surface area contributed by atoms with Gasteiger partial charge in [-0.2, -0.15) is 0 Å². The summed E-state index contributed by atoms with van der Waals surface area (Å²) in [6.07, 6.45) is 0.886. The average molecular weight is 405 g/mol. The fraction of sp³-hybridized carbons (Fsp3) is 0.417. The molecular formula is C24H23NO5. The number of hydrogen-bond acceptors (Lipinski definition) is 5. The standard InChI is InChI=1S/C24H23NO5/c1-29-17-8-7-15-13-18-24(28)10-9-16(26)21-23(24,19(15)20(17)30-21)11-12-25(18)22(27)14-5-3-2-4-6-14/h2-8,18,21,28H,9-13H2,1H3/t18-,21?,23+,24-/m0/s1. The number of ketones is 1. The highest BCUT2D eigenvalue weighted by molar-refractivity contribution is 5.95. The Kier molecular flexibility index (Phi) is 3.50. The fourth-order valence-corrected chi connectivity index (χ4v) is 6.47.